The Kier molecular flexibility index (Phi) is 3.16. The van der Waals surface area contributed by atoms with Crippen LogP contribution in [-0.4, -0.2) is 12.2 Å². The van der Waals surface area contributed by atoms with Crippen LogP contribution in [0.5, 0.6) is 11.5 Å². The molecule has 0 heterocycles. The number of rotatable bonds is 2. The molecule has 0 aliphatic carbocycles. The van der Waals surface area contributed by atoms with Gasteiger partial charge in [0.05, 0.1) is 12.1 Å². The predicted molar refractivity (Wildman–Crippen MR) is 61.6 cm³/mol. The third kappa shape index (κ3) is 2.19. The van der Waals surface area contributed by atoms with E-state index in [1.54, 1.807) is 6.07 Å². The van der Waals surface area contributed by atoms with Crippen LogP contribution in [0.25, 0.3) is 0 Å². The van der Waals surface area contributed by atoms with Gasteiger partial charge in [0, 0.05) is 11.1 Å². The number of aryl methyl sites for hydroxylation is 1. The van der Waals surface area contributed by atoms with Crippen LogP contribution in [0.3, 0.4) is 0 Å². The Morgan fingerprint density at radius 3 is 2.40 bits per heavy atom. The van der Waals surface area contributed by atoms with Crippen molar-refractivity contribution in [1.29, 1.82) is 0 Å². The molecule has 0 aliphatic heterocycles. The predicted octanol–water partition coefficient (Wildman–Crippen LogP) is 2.56. The molecule has 0 spiro atoms. The minimum Gasteiger partial charge on any atom is -0.504 e. The molecule has 0 radical (unpaired) electrons. The number of nitrogens with two attached hydrogens (primary N) is 1. The van der Waals surface area contributed by atoms with E-state index >= 15 is 0 Å². The second-order valence-electron chi connectivity index (χ2n) is 4.15. The maximum absolute atomic E-state index is 10.00. The third-order valence-corrected chi connectivity index (χ3v) is 2.54. The Hall–Kier alpha value is -0.930. The van der Waals surface area contributed by atoms with Crippen molar-refractivity contribution in [2.45, 2.75) is 26.3 Å². The summed E-state index contributed by atoms with van der Waals surface area (Å²) in [4.78, 5) is 0. The van der Waals surface area contributed by atoms with Crippen LogP contribution >= 0.6 is 11.6 Å². The van der Waals surface area contributed by atoms with Crippen LogP contribution in [0.4, 0.5) is 0 Å². The topological polar surface area (TPSA) is 55.5 Å². The van der Waals surface area contributed by atoms with Crippen LogP contribution in [0, 0.1) is 6.92 Å². The molecule has 0 saturated carbocycles. The monoisotopic (exact) mass is 229 g/mol. The lowest BCUT2D eigenvalue weighted by molar-refractivity contribution is 0.362. The summed E-state index contributed by atoms with van der Waals surface area (Å²) in [7, 11) is 1.46. The third-order valence-electron chi connectivity index (χ3n) is 2.25. The molecule has 0 bridgehead atoms. The fraction of sp³-hybridized carbons (Fsp3) is 0.455. The highest BCUT2D eigenvalue weighted by molar-refractivity contribution is 6.32. The van der Waals surface area contributed by atoms with Gasteiger partial charge in [0.25, 0.3) is 0 Å². The number of benzene rings is 1. The number of phenols is 1. The molecule has 0 atom stereocenters. The van der Waals surface area contributed by atoms with E-state index in [9.17, 15) is 5.11 Å². The molecule has 3 nitrogen and oxygen atoms in total. The van der Waals surface area contributed by atoms with Gasteiger partial charge in [-0.15, -0.1) is 0 Å². The van der Waals surface area contributed by atoms with E-state index in [0.29, 0.717) is 10.6 Å². The molecule has 1 aromatic rings. The quantitative estimate of drug-likeness (QED) is 0.820. The maximum Gasteiger partial charge on any atom is 0.179 e. The molecule has 0 unspecified atom stereocenters. The first kappa shape index (κ1) is 12.1. The van der Waals surface area contributed by atoms with Crippen molar-refractivity contribution in [3.63, 3.8) is 0 Å². The lowest BCUT2D eigenvalue weighted by Gasteiger charge is -2.24. The standard InChI is InChI=1S/C11H16ClNO2/c1-6-5-7(12)10(15-4)9(14)8(6)11(2,3)13/h5,14H,13H2,1-4H3. The molecule has 15 heavy (non-hydrogen) atoms. The number of ether oxygens (including phenoxy) is 1. The maximum atomic E-state index is 10.00. The lowest BCUT2D eigenvalue weighted by atomic mass is 9.90. The van der Waals surface area contributed by atoms with E-state index in [2.05, 4.69) is 0 Å². The summed E-state index contributed by atoms with van der Waals surface area (Å²) in [6.45, 7) is 5.50. The van der Waals surface area contributed by atoms with Crippen LogP contribution in [0.1, 0.15) is 25.0 Å². The average Bonchev–Trinajstić information content (AvgIpc) is 2.00. The summed E-state index contributed by atoms with van der Waals surface area (Å²) in [6, 6.07) is 1.74. The van der Waals surface area contributed by atoms with E-state index in [4.69, 9.17) is 22.1 Å². The van der Waals surface area contributed by atoms with Gasteiger partial charge in [-0.1, -0.05) is 11.6 Å². The fourth-order valence-electron chi connectivity index (χ4n) is 1.75. The van der Waals surface area contributed by atoms with Crippen molar-refractivity contribution < 1.29 is 9.84 Å². The normalized spacial score (nSPS) is 11.6. The first-order valence-electron chi connectivity index (χ1n) is 4.64. The smallest absolute Gasteiger partial charge is 0.179 e. The molecular weight excluding hydrogens is 214 g/mol. The summed E-state index contributed by atoms with van der Waals surface area (Å²) in [5.74, 6) is 0.297. The van der Waals surface area contributed by atoms with Gasteiger partial charge in [-0.3, -0.25) is 0 Å². The van der Waals surface area contributed by atoms with Gasteiger partial charge in [-0.25, -0.2) is 0 Å². The molecule has 3 N–H and O–H groups in total. The Morgan fingerprint density at radius 1 is 1.47 bits per heavy atom. The molecule has 0 saturated heterocycles. The van der Waals surface area contributed by atoms with Crippen LogP contribution in [0.2, 0.25) is 5.02 Å². The van der Waals surface area contributed by atoms with Crippen molar-refractivity contribution in [3.8, 4) is 11.5 Å². The van der Waals surface area contributed by atoms with Gasteiger partial charge in [-0.05, 0) is 32.4 Å². The highest BCUT2D eigenvalue weighted by Crippen LogP contribution is 2.42. The Balaban J connectivity index is 3.53. The molecule has 4 heteroatoms. The van der Waals surface area contributed by atoms with E-state index < -0.39 is 5.54 Å². The van der Waals surface area contributed by atoms with Crippen molar-refractivity contribution in [3.05, 3.63) is 22.2 Å². The van der Waals surface area contributed by atoms with Gasteiger partial charge in [0.15, 0.2) is 11.5 Å². The van der Waals surface area contributed by atoms with Crippen LogP contribution in [-0.2, 0) is 5.54 Å². The number of methoxy groups -OCH3 is 1. The van der Waals surface area contributed by atoms with Gasteiger partial charge < -0.3 is 15.6 Å². The van der Waals surface area contributed by atoms with Crippen LogP contribution in [0.15, 0.2) is 6.07 Å². The minimum absolute atomic E-state index is 0.0231. The summed E-state index contributed by atoms with van der Waals surface area (Å²) < 4.78 is 5.03. The van der Waals surface area contributed by atoms with Crippen molar-refractivity contribution >= 4 is 11.6 Å². The zero-order valence-electron chi connectivity index (χ0n) is 9.39. The summed E-state index contributed by atoms with van der Waals surface area (Å²) in [5.41, 5.74) is 6.85. The number of hydrogen-bond acceptors (Lipinski definition) is 3. The Labute approximate surface area is 94.8 Å². The minimum atomic E-state index is -0.633. The van der Waals surface area contributed by atoms with Gasteiger partial charge in [0.2, 0.25) is 0 Å². The van der Waals surface area contributed by atoms with E-state index in [-0.39, 0.29) is 11.5 Å². The van der Waals surface area contributed by atoms with Crippen molar-refractivity contribution in [2.24, 2.45) is 5.73 Å². The second kappa shape index (κ2) is 3.91. The van der Waals surface area contributed by atoms with E-state index in [1.807, 2.05) is 20.8 Å². The second-order valence-corrected chi connectivity index (χ2v) is 4.56. The highest BCUT2D eigenvalue weighted by atomic mass is 35.5. The molecule has 0 fully saturated rings. The molecule has 84 valence electrons. The molecule has 0 aromatic heterocycles. The van der Waals surface area contributed by atoms with Crippen LogP contribution < -0.4 is 10.5 Å². The molecular formula is C11H16ClNO2. The fourth-order valence-corrected chi connectivity index (χ4v) is 2.08. The largest absolute Gasteiger partial charge is 0.504 e. The number of halogens is 1. The van der Waals surface area contributed by atoms with Gasteiger partial charge in [-0.2, -0.15) is 0 Å². The SMILES string of the molecule is COc1c(Cl)cc(C)c(C(C)(C)N)c1O. The number of hydrogen-bond donors (Lipinski definition) is 2. The number of aromatic hydroxyl groups is 1. The highest BCUT2D eigenvalue weighted by Gasteiger charge is 2.25. The first-order chi connectivity index (χ1) is 6.79. The van der Waals surface area contributed by atoms with Gasteiger partial charge in [0.1, 0.15) is 0 Å². The number of phenolic OH excluding ortho intramolecular Hbond substituents is 1. The Morgan fingerprint density at radius 2 is 2.00 bits per heavy atom. The van der Waals surface area contributed by atoms with Crippen molar-refractivity contribution in [1.82, 2.24) is 0 Å². The molecule has 0 aliphatic rings. The average molecular weight is 230 g/mol. The molecule has 1 aromatic carbocycles. The summed E-state index contributed by atoms with van der Waals surface area (Å²) in [6.07, 6.45) is 0. The molecule has 1 rings (SSSR count). The van der Waals surface area contributed by atoms with E-state index in [1.165, 1.54) is 7.11 Å². The summed E-state index contributed by atoms with van der Waals surface area (Å²) in [5, 5.41) is 10.4. The first-order valence-corrected chi connectivity index (χ1v) is 5.02. The zero-order valence-corrected chi connectivity index (χ0v) is 10.1. The summed E-state index contributed by atoms with van der Waals surface area (Å²) >= 11 is 5.93. The van der Waals surface area contributed by atoms with E-state index in [0.717, 1.165) is 5.56 Å². The lowest BCUT2D eigenvalue weighted by Crippen LogP contribution is -2.29. The van der Waals surface area contributed by atoms with Crippen molar-refractivity contribution in [2.75, 3.05) is 7.11 Å². The molecule has 0 amide bonds. The van der Waals surface area contributed by atoms with Gasteiger partial charge >= 0.3 is 0 Å². The Bertz CT molecular complexity index is 383. The zero-order chi connectivity index (χ0) is 11.8.